The van der Waals surface area contributed by atoms with E-state index in [1.165, 1.54) is 0 Å². The Balaban J connectivity index is 2.07. The summed E-state index contributed by atoms with van der Waals surface area (Å²) in [6.45, 7) is 0.600. The summed E-state index contributed by atoms with van der Waals surface area (Å²) in [4.78, 5) is 13.8. The van der Waals surface area contributed by atoms with E-state index in [9.17, 15) is 4.79 Å². The normalized spacial score (nSPS) is 10.1. The van der Waals surface area contributed by atoms with Crippen LogP contribution in [0.15, 0.2) is 54.6 Å². The highest BCUT2D eigenvalue weighted by Gasteiger charge is 2.11. The number of nitrogens with zero attached hydrogens (tertiary/aromatic N) is 1. The first-order valence-corrected chi connectivity index (χ1v) is 6.09. The standard InChI is InChI=1S/C15H14ClNO/c1-17(11-12-5-3-2-4-6-12)15(18)13-7-9-14(16)10-8-13/h2-10H,11H2,1H3. The third-order valence-corrected chi connectivity index (χ3v) is 2.95. The molecule has 18 heavy (non-hydrogen) atoms. The van der Waals surface area contributed by atoms with Crippen LogP contribution < -0.4 is 0 Å². The smallest absolute Gasteiger partial charge is 0.253 e. The number of benzene rings is 2. The van der Waals surface area contributed by atoms with E-state index in [-0.39, 0.29) is 5.91 Å². The van der Waals surface area contributed by atoms with Gasteiger partial charge in [-0.2, -0.15) is 0 Å². The highest BCUT2D eigenvalue weighted by Crippen LogP contribution is 2.12. The molecule has 0 aliphatic rings. The summed E-state index contributed by atoms with van der Waals surface area (Å²) < 4.78 is 0. The molecular weight excluding hydrogens is 246 g/mol. The SMILES string of the molecule is CN(Cc1ccccc1)C(=O)c1ccc(Cl)cc1. The maximum atomic E-state index is 12.1. The van der Waals surface area contributed by atoms with Crippen LogP contribution in [0.2, 0.25) is 5.02 Å². The van der Waals surface area contributed by atoms with Gasteiger partial charge in [-0.25, -0.2) is 0 Å². The summed E-state index contributed by atoms with van der Waals surface area (Å²) in [6, 6.07) is 16.8. The van der Waals surface area contributed by atoms with Gasteiger partial charge in [-0.15, -0.1) is 0 Å². The average Bonchev–Trinajstić information content (AvgIpc) is 2.40. The van der Waals surface area contributed by atoms with E-state index in [1.807, 2.05) is 30.3 Å². The van der Waals surface area contributed by atoms with Crippen LogP contribution in [-0.2, 0) is 6.54 Å². The minimum absolute atomic E-state index is 0.00415. The van der Waals surface area contributed by atoms with E-state index in [0.717, 1.165) is 5.56 Å². The first-order valence-electron chi connectivity index (χ1n) is 5.72. The van der Waals surface area contributed by atoms with Crippen molar-refractivity contribution in [3.8, 4) is 0 Å². The Morgan fingerprint density at radius 1 is 1.06 bits per heavy atom. The second-order valence-corrected chi connectivity index (χ2v) is 4.59. The van der Waals surface area contributed by atoms with E-state index < -0.39 is 0 Å². The van der Waals surface area contributed by atoms with Crippen molar-refractivity contribution < 1.29 is 4.79 Å². The number of hydrogen-bond acceptors (Lipinski definition) is 1. The summed E-state index contributed by atoms with van der Waals surface area (Å²) >= 11 is 5.80. The summed E-state index contributed by atoms with van der Waals surface area (Å²) in [5, 5.41) is 0.636. The minimum atomic E-state index is -0.00415. The molecule has 2 rings (SSSR count). The fourth-order valence-corrected chi connectivity index (χ4v) is 1.87. The van der Waals surface area contributed by atoms with Crippen molar-refractivity contribution in [2.75, 3.05) is 7.05 Å². The van der Waals surface area contributed by atoms with Crippen LogP contribution in [0.4, 0.5) is 0 Å². The molecular formula is C15H14ClNO. The lowest BCUT2D eigenvalue weighted by Gasteiger charge is -2.17. The summed E-state index contributed by atoms with van der Waals surface area (Å²) in [7, 11) is 1.80. The lowest BCUT2D eigenvalue weighted by atomic mass is 10.1. The zero-order chi connectivity index (χ0) is 13.0. The van der Waals surface area contributed by atoms with Crippen molar-refractivity contribution in [1.82, 2.24) is 4.90 Å². The number of amides is 1. The maximum absolute atomic E-state index is 12.1. The second kappa shape index (κ2) is 5.69. The Labute approximate surface area is 112 Å². The largest absolute Gasteiger partial charge is 0.337 e. The Morgan fingerprint density at radius 2 is 1.67 bits per heavy atom. The number of halogens is 1. The van der Waals surface area contributed by atoms with E-state index >= 15 is 0 Å². The fourth-order valence-electron chi connectivity index (χ4n) is 1.74. The molecule has 0 radical (unpaired) electrons. The van der Waals surface area contributed by atoms with Gasteiger partial charge in [0.2, 0.25) is 0 Å². The van der Waals surface area contributed by atoms with Crippen molar-refractivity contribution in [2.24, 2.45) is 0 Å². The van der Waals surface area contributed by atoms with Crippen LogP contribution in [0.25, 0.3) is 0 Å². The Kier molecular flexibility index (Phi) is 4.00. The molecule has 0 saturated heterocycles. The monoisotopic (exact) mass is 259 g/mol. The zero-order valence-electron chi connectivity index (χ0n) is 10.1. The van der Waals surface area contributed by atoms with Crippen molar-refractivity contribution in [1.29, 1.82) is 0 Å². The molecule has 0 heterocycles. The Bertz CT molecular complexity index is 522. The molecule has 2 aromatic carbocycles. The predicted molar refractivity (Wildman–Crippen MR) is 73.7 cm³/mol. The summed E-state index contributed by atoms with van der Waals surface area (Å²) in [5.41, 5.74) is 1.76. The molecule has 0 unspecified atom stereocenters. The van der Waals surface area contributed by atoms with Crippen molar-refractivity contribution >= 4 is 17.5 Å². The number of carbonyl (C=O) groups is 1. The molecule has 92 valence electrons. The number of hydrogen-bond donors (Lipinski definition) is 0. The van der Waals surface area contributed by atoms with Gasteiger partial charge in [-0.3, -0.25) is 4.79 Å². The molecule has 2 nitrogen and oxygen atoms in total. The topological polar surface area (TPSA) is 20.3 Å². The van der Waals surface area contributed by atoms with Crippen molar-refractivity contribution in [3.63, 3.8) is 0 Å². The molecule has 3 heteroatoms. The van der Waals surface area contributed by atoms with Gasteiger partial charge in [0.1, 0.15) is 0 Å². The van der Waals surface area contributed by atoms with Gasteiger partial charge in [0, 0.05) is 24.2 Å². The third-order valence-electron chi connectivity index (χ3n) is 2.70. The van der Waals surface area contributed by atoms with Crippen LogP contribution in [0, 0.1) is 0 Å². The number of carbonyl (C=O) groups excluding carboxylic acids is 1. The van der Waals surface area contributed by atoms with Gasteiger partial charge in [0.05, 0.1) is 0 Å². The van der Waals surface area contributed by atoms with Crippen LogP contribution in [-0.4, -0.2) is 17.9 Å². The minimum Gasteiger partial charge on any atom is -0.337 e. The molecule has 0 N–H and O–H groups in total. The molecule has 0 fully saturated rings. The molecule has 0 aliphatic heterocycles. The van der Waals surface area contributed by atoms with E-state index in [4.69, 9.17) is 11.6 Å². The Hall–Kier alpha value is -1.80. The molecule has 0 aliphatic carbocycles. The maximum Gasteiger partial charge on any atom is 0.253 e. The van der Waals surface area contributed by atoms with Gasteiger partial charge in [-0.1, -0.05) is 41.9 Å². The van der Waals surface area contributed by atoms with Crippen LogP contribution >= 0.6 is 11.6 Å². The van der Waals surface area contributed by atoms with Gasteiger partial charge >= 0.3 is 0 Å². The van der Waals surface area contributed by atoms with Gasteiger partial charge in [0.15, 0.2) is 0 Å². The first-order chi connectivity index (χ1) is 8.66. The van der Waals surface area contributed by atoms with Crippen molar-refractivity contribution in [2.45, 2.75) is 6.54 Å². The molecule has 0 bridgehead atoms. The fraction of sp³-hybridized carbons (Fsp3) is 0.133. The van der Waals surface area contributed by atoms with E-state index in [2.05, 4.69) is 0 Å². The van der Waals surface area contributed by atoms with Gasteiger partial charge in [0.25, 0.3) is 5.91 Å². The van der Waals surface area contributed by atoms with Crippen LogP contribution in [0.3, 0.4) is 0 Å². The molecule has 0 spiro atoms. The number of rotatable bonds is 3. The quantitative estimate of drug-likeness (QED) is 0.825. The van der Waals surface area contributed by atoms with E-state index in [0.29, 0.717) is 17.1 Å². The van der Waals surface area contributed by atoms with Crippen LogP contribution in [0.1, 0.15) is 15.9 Å². The average molecular weight is 260 g/mol. The van der Waals surface area contributed by atoms with Crippen LogP contribution in [0.5, 0.6) is 0 Å². The first kappa shape index (κ1) is 12.7. The predicted octanol–water partition coefficient (Wildman–Crippen LogP) is 3.61. The van der Waals surface area contributed by atoms with E-state index in [1.54, 1.807) is 36.2 Å². The summed E-state index contributed by atoms with van der Waals surface area (Å²) in [6.07, 6.45) is 0. The lowest BCUT2D eigenvalue weighted by molar-refractivity contribution is 0.0785. The molecule has 2 aromatic rings. The van der Waals surface area contributed by atoms with Gasteiger partial charge in [-0.05, 0) is 29.8 Å². The Morgan fingerprint density at radius 3 is 2.28 bits per heavy atom. The van der Waals surface area contributed by atoms with Gasteiger partial charge < -0.3 is 4.90 Å². The zero-order valence-corrected chi connectivity index (χ0v) is 10.9. The van der Waals surface area contributed by atoms with Crippen molar-refractivity contribution in [3.05, 3.63) is 70.7 Å². The molecule has 0 aromatic heterocycles. The molecule has 0 saturated carbocycles. The molecule has 0 atom stereocenters. The highest BCUT2D eigenvalue weighted by molar-refractivity contribution is 6.30. The lowest BCUT2D eigenvalue weighted by Crippen LogP contribution is -2.26. The molecule has 1 amide bonds. The summed E-state index contributed by atoms with van der Waals surface area (Å²) in [5.74, 6) is -0.00415. The highest BCUT2D eigenvalue weighted by atomic mass is 35.5. The second-order valence-electron chi connectivity index (χ2n) is 4.15. The third kappa shape index (κ3) is 3.11.